The Morgan fingerprint density at radius 2 is 2.05 bits per heavy atom. The van der Waals surface area contributed by atoms with Gasteiger partial charge in [0.2, 0.25) is 15.9 Å². The van der Waals surface area contributed by atoms with Crippen molar-refractivity contribution in [2.24, 2.45) is 5.92 Å². The molecule has 10 heteroatoms. The van der Waals surface area contributed by atoms with Crippen molar-refractivity contribution in [2.75, 3.05) is 26.7 Å². The van der Waals surface area contributed by atoms with Crippen molar-refractivity contribution in [1.82, 2.24) is 14.2 Å². The first-order chi connectivity index (χ1) is 18.5. The number of carbonyl (C=O) groups excluding carboxylic acids is 1. The highest BCUT2D eigenvalue weighted by Crippen LogP contribution is 2.34. The molecule has 1 aliphatic heterocycles. The summed E-state index contributed by atoms with van der Waals surface area (Å²) < 4.78 is 35.0. The Kier molecular flexibility index (Phi) is 8.96. The Hall–Kier alpha value is -2.97. The zero-order chi connectivity index (χ0) is 28.2. The van der Waals surface area contributed by atoms with Gasteiger partial charge >= 0.3 is 0 Å². The summed E-state index contributed by atoms with van der Waals surface area (Å²) in [7, 11) is -2.29. The van der Waals surface area contributed by atoms with Gasteiger partial charge in [-0.3, -0.25) is 9.78 Å². The molecule has 9 nitrogen and oxygen atoms in total. The first kappa shape index (κ1) is 29.0. The van der Waals surface area contributed by atoms with Crippen LogP contribution in [0.1, 0.15) is 50.7 Å². The lowest BCUT2D eigenvalue weighted by Crippen LogP contribution is -2.50. The van der Waals surface area contributed by atoms with Crippen molar-refractivity contribution in [3.05, 3.63) is 53.9 Å². The van der Waals surface area contributed by atoms with E-state index in [-0.39, 0.29) is 48.6 Å². The molecule has 0 unspecified atom stereocenters. The highest BCUT2D eigenvalue weighted by atomic mass is 32.2. The van der Waals surface area contributed by atoms with Crippen LogP contribution >= 0.6 is 0 Å². The van der Waals surface area contributed by atoms with Crippen LogP contribution in [0.5, 0.6) is 5.75 Å². The molecule has 1 amide bonds. The molecule has 1 saturated carbocycles. The quantitative estimate of drug-likeness (QED) is 0.525. The van der Waals surface area contributed by atoms with Crippen LogP contribution in [-0.4, -0.2) is 83.2 Å². The minimum absolute atomic E-state index is 0.0193. The van der Waals surface area contributed by atoms with Gasteiger partial charge < -0.3 is 19.8 Å². The predicted molar refractivity (Wildman–Crippen MR) is 146 cm³/mol. The van der Waals surface area contributed by atoms with E-state index in [0.29, 0.717) is 18.4 Å². The number of sulfonamides is 1. The number of amides is 1. The van der Waals surface area contributed by atoms with E-state index in [1.54, 1.807) is 49.5 Å². The molecule has 0 bridgehead atoms. The Morgan fingerprint density at radius 3 is 2.72 bits per heavy atom. The van der Waals surface area contributed by atoms with Crippen LogP contribution in [0.25, 0.3) is 0 Å². The molecule has 4 rings (SSSR count). The molecule has 0 spiro atoms. The summed E-state index contributed by atoms with van der Waals surface area (Å²) in [6, 6.07) is 7.63. The van der Waals surface area contributed by atoms with E-state index in [1.807, 2.05) is 13.0 Å². The summed E-state index contributed by atoms with van der Waals surface area (Å²) in [5.41, 5.74) is 0.297. The lowest BCUT2D eigenvalue weighted by atomic mass is 10.0. The number of pyridine rings is 1. The predicted octanol–water partition coefficient (Wildman–Crippen LogP) is 2.21. The minimum atomic E-state index is -3.99. The van der Waals surface area contributed by atoms with E-state index in [2.05, 4.69) is 16.8 Å². The fourth-order valence-corrected chi connectivity index (χ4v) is 6.80. The Labute approximate surface area is 230 Å². The summed E-state index contributed by atoms with van der Waals surface area (Å²) in [5, 5.41) is 20.5. The standard InChI is InChI=1S/C29H37N3O6S/c1-21-18-32(22(2)20-33)39(36,37)27-9-8-23(10-13-29(35)11-4-5-12-29)15-25(27)38-26(21)19-31(3)28(34)16-24-7-6-14-30-17-24/h6-9,14-15,17,21-22,26,33,35H,4-5,11-12,16,18-20H2,1-3H3/t21-,22+,26+/m0/s1. The van der Waals surface area contributed by atoms with E-state index in [4.69, 9.17) is 4.74 Å². The molecule has 1 fully saturated rings. The van der Waals surface area contributed by atoms with Gasteiger partial charge in [0.05, 0.1) is 19.6 Å². The van der Waals surface area contributed by atoms with Crippen LogP contribution in [-0.2, 0) is 21.2 Å². The molecule has 2 aromatic rings. The number of ether oxygens (including phenoxy) is 1. The minimum Gasteiger partial charge on any atom is -0.487 e. The Morgan fingerprint density at radius 1 is 1.31 bits per heavy atom. The zero-order valence-electron chi connectivity index (χ0n) is 22.7. The average Bonchev–Trinajstić information content (AvgIpc) is 3.36. The van der Waals surface area contributed by atoms with Gasteiger partial charge in [0.15, 0.2) is 0 Å². The van der Waals surface area contributed by atoms with Gasteiger partial charge in [-0.15, -0.1) is 0 Å². The van der Waals surface area contributed by atoms with Crippen LogP contribution in [0.2, 0.25) is 0 Å². The van der Waals surface area contributed by atoms with Gasteiger partial charge in [-0.25, -0.2) is 8.42 Å². The third-order valence-electron chi connectivity index (χ3n) is 7.50. The van der Waals surface area contributed by atoms with E-state index < -0.39 is 27.8 Å². The molecule has 39 heavy (non-hydrogen) atoms. The normalized spacial score (nSPS) is 22.8. The lowest BCUT2D eigenvalue weighted by molar-refractivity contribution is -0.130. The van der Waals surface area contributed by atoms with E-state index in [9.17, 15) is 23.4 Å². The fraction of sp³-hybridized carbons (Fsp3) is 0.517. The van der Waals surface area contributed by atoms with Crippen LogP contribution in [0.4, 0.5) is 0 Å². The summed E-state index contributed by atoms with van der Waals surface area (Å²) >= 11 is 0. The summed E-state index contributed by atoms with van der Waals surface area (Å²) in [6.45, 7) is 3.55. The largest absolute Gasteiger partial charge is 0.487 e. The third-order valence-corrected chi connectivity index (χ3v) is 9.51. The molecule has 1 aromatic carbocycles. The van der Waals surface area contributed by atoms with E-state index in [1.165, 1.54) is 10.4 Å². The number of aromatic nitrogens is 1. The smallest absolute Gasteiger partial charge is 0.247 e. The van der Waals surface area contributed by atoms with Crippen LogP contribution in [0.3, 0.4) is 0 Å². The number of hydrogen-bond acceptors (Lipinski definition) is 7. The molecule has 1 aliphatic carbocycles. The number of fused-ring (bicyclic) bond motifs is 1. The van der Waals surface area contributed by atoms with Crippen molar-refractivity contribution in [3.63, 3.8) is 0 Å². The number of hydrogen-bond donors (Lipinski definition) is 2. The zero-order valence-corrected chi connectivity index (χ0v) is 23.5. The highest BCUT2D eigenvalue weighted by Gasteiger charge is 2.38. The summed E-state index contributed by atoms with van der Waals surface area (Å²) in [5.74, 6) is 5.68. The summed E-state index contributed by atoms with van der Waals surface area (Å²) in [6.07, 6.45) is 6.03. The first-order valence-electron chi connectivity index (χ1n) is 13.3. The SMILES string of the molecule is C[C@H](CO)N1C[C@H](C)[C@@H](CN(C)C(=O)Cc2cccnc2)Oc2cc(C#CC3(O)CCCC3)ccc2S1(=O)=O. The Balaban J connectivity index is 1.66. The molecule has 0 saturated heterocycles. The molecule has 3 atom stereocenters. The van der Waals surface area contributed by atoms with Crippen LogP contribution in [0.15, 0.2) is 47.6 Å². The van der Waals surface area contributed by atoms with Gasteiger partial charge in [-0.05, 0) is 62.4 Å². The van der Waals surface area contributed by atoms with Gasteiger partial charge in [-0.1, -0.05) is 24.8 Å². The Bertz CT molecular complexity index is 1330. The van der Waals surface area contributed by atoms with Crippen molar-refractivity contribution >= 4 is 15.9 Å². The second kappa shape index (κ2) is 12.0. The van der Waals surface area contributed by atoms with Crippen molar-refractivity contribution in [3.8, 4) is 17.6 Å². The number of benzene rings is 1. The molecule has 2 heterocycles. The van der Waals surface area contributed by atoms with Crippen molar-refractivity contribution in [1.29, 1.82) is 0 Å². The number of rotatable bonds is 6. The van der Waals surface area contributed by atoms with Gasteiger partial charge in [-0.2, -0.15) is 4.31 Å². The topological polar surface area (TPSA) is 120 Å². The first-order valence-corrected chi connectivity index (χ1v) is 14.8. The van der Waals surface area contributed by atoms with Crippen LogP contribution < -0.4 is 4.74 Å². The lowest BCUT2D eigenvalue weighted by Gasteiger charge is -2.37. The van der Waals surface area contributed by atoms with E-state index in [0.717, 1.165) is 18.4 Å². The van der Waals surface area contributed by atoms with Crippen molar-refractivity contribution < 1.29 is 28.2 Å². The maximum Gasteiger partial charge on any atom is 0.247 e. The number of carbonyl (C=O) groups is 1. The number of aliphatic hydroxyl groups is 2. The third kappa shape index (κ3) is 6.79. The second-order valence-corrected chi connectivity index (χ2v) is 12.6. The molecule has 2 aliphatic rings. The molecular weight excluding hydrogens is 518 g/mol. The van der Waals surface area contributed by atoms with Crippen molar-refractivity contribution in [2.45, 2.75) is 68.6 Å². The fourth-order valence-electron chi connectivity index (χ4n) is 4.98. The van der Waals surface area contributed by atoms with Gasteiger partial charge in [0.25, 0.3) is 0 Å². The molecule has 2 N–H and O–H groups in total. The van der Waals surface area contributed by atoms with Crippen LogP contribution in [0, 0.1) is 17.8 Å². The maximum atomic E-state index is 13.7. The van der Waals surface area contributed by atoms with Gasteiger partial charge in [0, 0.05) is 43.5 Å². The monoisotopic (exact) mass is 555 g/mol. The molecule has 0 radical (unpaired) electrons. The number of likely N-dealkylation sites (N-methyl/N-ethyl adjacent to an activating group) is 1. The average molecular weight is 556 g/mol. The van der Waals surface area contributed by atoms with Gasteiger partial charge in [0.1, 0.15) is 22.4 Å². The van der Waals surface area contributed by atoms with E-state index >= 15 is 0 Å². The molecule has 1 aromatic heterocycles. The second-order valence-electron chi connectivity index (χ2n) is 10.7. The number of aliphatic hydroxyl groups excluding tert-OH is 1. The highest BCUT2D eigenvalue weighted by molar-refractivity contribution is 7.89. The summed E-state index contributed by atoms with van der Waals surface area (Å²) in [4.78, 5) is 18.6. The maximum absolute atomic E-state index is 13.7. The number of nitrogens with zero attached hydrogens (tertiary/aromatic N) is 3. The molecular formula is C29H37N3O6S. The molecule has 210 valence electrons.